The van der Waals surface area contributed by atoms with E-state index in [1.54, 1.807) is 11.3 Å². The highest BCUT2D eigenvalue weighted by atomic mass is 32.1. The zero-order chi connectivity index (χ0) is 11.2. The second kappa shape index (κ2) is 6.27. The molecule has 0 atom stereocenters. The fourth-order valence-electron chi connectivity index (χ4n) is 1.45. The Hall–Kier alpha value is -0.520. The molecule has 0 spiro atoms. The van der Waals surface area contributed by atoms with Crippen LogP contribution in [0.25, 0.3) is 0 Å². The fraction of sp³-hybridized carbons (Fsp3) is 0.818. The van der Waals surface area contributed by atoms with Gasteiger partial charge in [-0.2, -0.15) is 0 Å². The summed E-state index contributed by atoms with van der Waals surface area (Å²) in [6, 6.07) is 0.741. The zero-order valence-electron chi connectivity index (χ0n) is 9.74. The quantitative estimate of drug-likeness (QED) is 0.705. The summed E-state index contributed by atoms with van der Waals surface area (Å²) in [5, 5.41) is 14.1. The third-order valence-electron chi connectivity index (χ3n) is 2.51. The van der Waals surface area contributed by atoms with Crippen molar-refractivity contribution in [2.45, 2.75) is 45.2 Å². The van der Waals surface area contributed by atoms with Crippen molar-refractivity contribution in [3.05, 3.63) is 10.0 Å². The molecule has 0 aliphatic heterocycles. The van der Waals surface area contributed by atoms with Gasteiger partial charge in [0.15, 0.2) is 0 Å². The Bertz CT molecular complexity index is 312. The molecule has 0 radical (unpaired) electrons. The third kappa shape index (κ3) is 4.15. The van der Waals surface area contributed by atoms with E-state index in [4.69, 9.17) is 4.74 Å². The van der Waals surface area contributed by atoms with Gasteiger partial charge in [0.1, 0.15) is 10.0 Å². The molecular weight excluding hydrogens is 222 g/mol. The van der Waals surface area contributed by atoms with Crippen LogP contribution in [0.3, 0.4) is 0 Å². The van der Waals surface area contributed by atoms with E-state index < -0.39 is 0 Å². The first-order valence-corrected chi connectivity index (χ1v) is 6.82. The highest BCUT2D eigenvalue weighted by Gasteiger charge is 2.20. The summed E-state index contributed by atoms with van der Waals surface area (Å²) in [5.41, 5.74) is 0. The summed E-state index contributed by atoms with van der Waals surface area (Å²) in [6.07, 6.45) is 4.67. The molecule has 1 N–H and O–H groups in total. The van der Waals surface area contributed by atoms with Gasteiger partial charge in [-0.15, -0.1) is 21.5 Å². The monoisotopic (exact) mass is 241 g/mol. The topological polar surface area (TPSA) is 47.0 Å². The van der Waals surface area contributed by atoms with E-state index in [2.05, 4.69) is 15.5 Å². The van der Waals surface area contributed by atoms with Crippen LogP contribution in [0.15, 0.2) is 0 Å². The van der Waals surface area contributed by atoms with Crippen LogP contribution in [0.1, 0.15) is 36.2 Å². The molecule has 0 unspecified atom stereocenters. The molecule has 1 aromatic rings. The molecule has 1 aliphatic rings. The second-order valence-electron chi connectivity index (χ2n) is 4.05. The average Bonchev–Trinajstić information content (AvgIpc) is 3.02. The molecule has 16 heavy (non-hydrogen) atoms. The van der Waals surface area contributed by atoms with Gasteiger partial charge in [-0.3, -0.25) is 0 Å². The molecule has 1 saturated carbocycles. The van der Waals surface area contributed by atoms with Crippen molar-refractivity contribution in [1.82, 2.24) is 15.5 Å². The van der Waals surface area contributed by atoms with Gasteiger partial charge < -0.3 is 10.1 Å². The fourth-order valence-corrected chi connectivity index (χ4v) is 2.29. The summed E-state index contributed by atoms with van der Waals surface area (Å²) >= 11 is 1.72. The van der Waals surface area contributed by atoms with Crippen LogP contribution >= 0.6 is 11.3 Å². The van der Waals surface area contributed by atoms with E-state index in [1.165, 1.54) is 12.8 Å². The molecule has 90 valence electrons. The number of rotatable bonds is 8. The van der Waals surface area contributed by atoms with Gasteiger partial charge in [-0.25, -0.2) is 0 Å². The van der Waals surface area contributed by atoms with E-state index in [-0.39, 0.29) is 0 Å². The molecule has 1 aromatic heterocycles. The summed E-state index contributed by atoms with van der Waals surface area (Å²) in [4.78, 5) is 0. The summed E-state index contributed by atoms with van der Waals surface area (Å²) in [6.45, 7) is 4.53. The lowest BCUT2D eigenvalue weighted by Crippen LogP contribution is -2.14. The van der Waals surface area contributed by atoms with Crippen LogP contribution in [0.2, 0.25) is 0 Å². The predicted molar refractivity (Wildman–Crippen MR) is 64.6 cm³/mol. The number of aryl methyl sites for hydroxylation is 1. The highest BCUT2D eigenvalue weighted by Crippen LogP contribution is 2.20. The summed E-state index contributed by atoms with van der Waals surface area (Å²) in [5.74, 6) is 0. The normalized spacial score (nSPS) is 15.6. The number of hydrogen-bond acceptors (Lipinski definition) is 5. The van der Waals surface area contributed by atoms with Crippen molar-refractivity contribution in [2.24, 2.45) is 0 Å². The zero-order valence-corrected chi connectivity index (χ0v) is 10.6. The number of hydrogen-bond donors (Lipinski definition) is 1. The summed E-state index contributed by atoms with van der Waals surface area (Å²) < 4.78 is 5.29. The van der Waals surface area contributed by atoms with Gasteiger partial charge in [-0.05, 0) is 26.2 Å². The Morgan fingerprint density at radius 3 is 2.94 bits per heavy atom. The minimum atomic E-state index is 0.741. The van der Waals surface area contributed by atoms with Crippen molar-refractivity contribution in [3.8, 4) is 0 Å². The lowest BCUT2D eigenvalue weighted by molar-refractivity contribution is 0.145. The SMILES string of the molecule is CCOCCCc1nnc(CNC2CC2)s1. The van der Waals surface area contributed by atoms with Gasteiger partial charge in [0.2, 0.25) is 0 Å². The van der Waals surface area contributed by atoms with Crippen molar-refractivity contribution in [2.75, 3.05) is 13.2 Å². The third-order valence-corrected chi connectivity index (χ3v) is 3.49. The second-order valence-corrected chi connectivity index (χ2v) is 5.19. The molecule has 1 heterocycles. The lowest BCUT2D eigenvalue weighted by atomic mass is 10.3. The van der Waals surface area contributed by atoms with Crippen molar-refractivity contribution in [3.63, 3.8) is 0 Å². The van der Waals surface area contributed by atoms with Crippen LogP contribution in [-0.2, 0) is 17.7 Å². The molecule has 4 nitrogen and oxygen atoms in total. The van der Waals surface area contributed by atoms with Gasteiger partial charge in [0, 0.05) is 32.2 Å². The minimum absolute atomic E-state index is 0.741. The van der Waals surface area contributed by atoms with Crippen LogP contribution in [0, 0.1) is 0 Å². The maximum atomic E-state index is 5.29. The highest BCUT2D eigenvalue weighted by molar-refractivity contribution is 7.11. The first kappa shape index (κ1) is 12.0. The minimum Gasteiger partial charge on any atom is -0.382 e. The van der Waals surface area contributed by atoms with E-state index in [1.807, 2.05) is 6.92 Å². The number of nitrogens with zero attached hydrogens (tertiary/aromatic N) is 2. The Morgan fingerprint density at radius 1 is 1.38 bits per heavy atom. The largest absolute Gasteiger partial charge is 0.382 e. The molecule has 0 bridgehead atoms. The lowest BCUT2D eigenvalue weighted by Gasteiger charge is -1.97. The summed E-state index contributed by atoms with van der Waals surface area (Å²) in [7, 11) is 0. The molecular formula is C11H19N3OS. The number of ether oxygens (including phenoxy) is 1. The van der Waals surface area contributed by atoms with E-state index in [9.17, 15) is 0 Å². The molecule has 1 aliphatic carbocycles. The first-order valence-electron chi connectivity index (χ1n) is 6.01. The van der Waals surface area contributed by atoms with Crippen molar-refractivity contribution >= 4 is 11.3 Å². The molecule has 5 heteroatoms. The van der Waals surface area contributed by atoms with Crippen LogP contribution < -0.4 is 5.32 Å². The number of aromatic nitrogens is 2. The Balaban J connectivity index is 1.64. The standard InChI is InChI=1S/C11H19N3OS/c1-2-15-7-3-4-10-13-14-11(16-10)8-12-9-5-6-9/h9,12H,2-8H2,1H3. The maximum Gasteiger partial charge on any atom is 0.131 e. The Kier molecular flexibility index (Phi) is 4.69. The molecule has 1 fully saturated rings. The van der Waals surface area contributed by atoms with Crippen molar-refractivity contribution in [1.29, 1.82) is 0 Å². The maximum absolute atomic E-state index is 5.29. The smallest absolute Gasteiger partial charge is 0.131 e. The molecule has 2 rings (SSSR count). The first-order chi connectivity index (χ1) is 7.88. The van der Waals surface area contributed by atoms with Crippen molar-refractivity contribution < 1.29 is 4.74 Å². The van der Waals surface area contributed by atoms with Crippen LogP contribution in [0.4, 0.5) is 0 Å². The molecule has 0 saturated heterocycles. The Labute approximate surface area is 100 Å². The van der Waals surface area contributed by atoms with Crippen LogP contribution in [-0.4, -0.2) is 29.5 Å². The van der Waals surface area contributed by atoms with Gasteiger partial charge in [-0.1, -0.05) is 0 Å². The van der Waals surface area contributed by atoms with E-state index in [0.717, 1.165) is 48.7 Å². The molecule has 0 aromatic carbocycles. The van der Waals surface area contributed by atoms with Gasteiger partial charge in [0.05, 0.1) is 0 Å². The van der Waals surface area contributed by atoms with Gasteiger partial charge >= 0.3 is 0 Å². The average molecular weight is 241 g/mol. The predicted octanol–water partition coefficient (Wildman–Crippen LogP) is 1.76. The van der Waals surface area contributed by atoms with E-state index >= 15 is 0 Å². The van der Waals surface area contributed by atoms with Gasteiger partial charge in [0.25, 0.3) is 0 Å². The van der Waals surface area contributed by atoms with Crippen LogP contribution in [0.5, 0.6) is 0 Å². The van der Waals surface area contributed by atoms with E-state index in [0.29, 0.717) is 0 Å². The molecule has 0 amide bonds. The Morgan fingerprint density at radius 2 is 2.19 bits per heavy atom. The number of nitrogens with one attached hydrogen (secondary N) is 1.